The molecule has 0 bridgehead atoms. The van der Waals surface area contributed by atoms with Gasteiger partial charge in [-0.05, 0) is 61.4 Å². The maximum absolute atomic E-state index is 13.5. The minimum Gasteiger partial charge on any atom is -0.356 e. The van der Waals surface area contributed by atoms with Gasteiger partial charge in [-0.1, -0.05) is 12.5 Å². The summed E-state index contributed by atoms with van der Waals surface area (Å²) < 4.78 is 54.1. The molecule has 0 unspecified atom stereocenters. The summed E-state index contributed by atoms with van der Waals surface area (Å²) in [6, 6.07) is 9.36. The fourth-order valence-corrected chi connectivity index (χ4v) is 6.82. The lowest BCUT2D eigenvalue weighted by Crippen LogP contribution is -2.44. The van der Waals surface area contributed by atoms with Gasteiger partial charge in [0, 0.05) is 50.9 Å². The van der Waals surface area contributed by atoms with E-state index in [2.05, 4.69) is 15.2 Å². The van der Waals surface area contributed by atoms with Crippen LogP contribution in [0.2, 0.25) is 0 Å². The second-order valence-corrected chi connectivity index (χ2v) is 11.9. The van der Waals surface area contributed by atoms with Crippen LogP contribution in [-0.4, -0.2) is 55.7 Å². The van der Waals surface area contributed by atoms with Gasteiger partial charge in [-0.3, -0.25) is 4.79 Å². The third-order valence-corrected chi connectivity index (χ3v) is 9.65. The molecule has 2 aromatic rings. The average molecular weight is 505 g/mol. The highest BCUT2D eigenvalue weighted by Gasteiger charge is 2.40. The number of rotatable bonds is 5. The van der Waals surface area contributed by atoms with Crippen molar-refractivity contribution in [3.63, 3.8) is 0 Å². The van der Waals surface area contributed by atoms with Gasteiger partial charge in [0.1, 0.15) is 5.82 Å². The van der Waals surface area contributed by atoms with Gasteiger partial charge >= 0.3 is 0 Å². The van der Waals surface area contributed by atoms with Crippen molar-refractivity contribution in [1.29, 1.82) is 0 Å². The van der Waals surface area contributed by atoms with Crippen LogP contribution in [0.15, 0.2) is 47.5 Å². The standard InChI is InChI=1S/C25H30F2N4O3S/c26-25(27)11-16-31(17-12-25)35(33,34)20-5-1-4-19(18-20)29-23(32)21-6-2-13-28-22(21)30-14-9-24(10-15-30)7-3-8-24/h1-2,4-6,13,18H,3,7-12,14-17H2,(H,29,32). The van der Waals surface area contributed by atoms with Crippen molar-refractivity contribution in [3.8, 4) is 0 Å². The molecule has 188 valence electrons. The van der Waals surface area contributed by atoms with E-state index in [0.717, 1.165) is 30.2 Å². The number of nitrogens with one attached hydrogen (secondary N) is 1. The van der Waals surface area contributed by atoms with Gasteiger partial charge in [0.05, 0.1) is 10.5 Å². The third kappa shape index (κ3) is 4.91. The molecule has 3 heterocycles. The summed E-state index contributed by atoms with van der Waals surface area (Å²) in [5.74, 6) is -2.57. The van der Waals surface area contributed by atoms with E-state index in [-0.39, 0.29) is 23.9 Å². The number of piperidine rings is 2. The first-order chi connectivity index (χ1) is 16.7. The number of benzene rings is 1. The third-order valence-electron chi connectivity index (χ3n) is 7.75. The molecule has 1 N–H and O–H groups in total. The number of anilines is 2. The summed E-state index contributed by atoms with van der Waals surface area (Å²) in [6.07, 6.45) is 6.77. The highest BCUT2D eigenvalue weighted by atomic mass is 32.2. The quantitative estimate of drug-likeness (QED) is 0.647. The van der Waals surface area contributed by atoms with Gasteiger partial charge in [0.2, 0.25) is 10.0 Å². The Hall–Kier alpha value is -2.59. The molecule has 1 aliphatic carbocycles. The van der Waals surface area contributed by atoms with Crippen molar-refractivity contribution >= 4 is 27.4 Å². The Morgan fingerprint density at radius 3 is 2.31 bits per heavy atom. The maximum atomic E-state index is 13.5. The topological polar surface area (TPSA) is 82.6 Å². The minimum absolute atomic E-state index is 0.0336. The van der Waals surface area contributed by atoms with Crippen LogP contribution < -0.4 is 10.2 Å². The SMILES string of the molecule is O=C(Nc1cccc(S(=O)(=O)N2CCC(F)(F)CC2)c1)c1cccnc1N1CCC2(CCC2)CC1. The number of aromatic nitrogens is 1. The van der Waals surface area contributed by atoms with Gasteiger partial charge in [-0.25, -0.2) is 22.2 Å². The van der Waals surface area contributed by atoms with Gasteiger partial charge in [0.15, 0.2) is 0 Å². The number of hydrogen-bond acceptors (Lipinski definition) is 5. The smallest absolute Gasteiger partial charge is 0.259 e. The Kier molecular flexibility index (Phi) is 6.29. The second-order valence-electron chi connectivity index (χ2n) is 9.96. The first-order valence-electron chi connectivity index (χ1n) is 12.2. The number of sulfonamides is 1. The van der Waals surface area contributed by atoms with Crippen LogP contribution in [0.4, 0.5) is 20.3 Å². The maximum Gasteiger partial charge on any atom is 0.259 e. The minimum atomic E-state index is -3.94. The summed E-state index contributed by atoms with van der Waals surface area (Å²) in [7, 11) is -3.94. The van der Waals surface area contributed by atoms with E-state index >= 15 is 0 Å². The largest absolute Gasteiger partial charge is 0.356 e. The van der Waals surface area contributed by atoms with Crippen LogP contribution in [0.1, 0.15) is 55.3 Å². The number of amides is 1. The summed E-state index contributed by atoms with van der Waals surface area (Å²) in [6.45, 7) is 1.25. The lowest BCUT2D eigenvalue weighted by atomic mass is 9.63. The van der Waals surface area contributed by atoms with E-state index in [1.165, 1.54) is 37.5 Å². The molecule has 1 spiro atoms. The first-order valence-corrected chi connectivity index (χ1v) is 13.6. The van der Waals surface area contributed by atoms with Gasteiger partial charge < -0.3 is 10.2 Å². The molecule has 0 atom stereocenters. The Balaban J connectivity index is 1.30. The van der Waals surface area contributed by atoms with Crippen molar-refractivity contribution in [1.82, 2.24) is 9.29 Å². The molecule has 35 heavy (non-hydrogen) atoms. The summed E-state index contributed by atoms with van der Waals surface area (Å²) in [5, 5.41) is 2.80. The highest BCUT2D eigenvalue weighted by molar-refractivity contribution is 7.89. The van der Waals surface area contributed by atoms with Crippen molar-refractivity contribution in [2.45, 2.75) is 55.8 Å². The molecule has 10 heteroatoms. The fourth-order valence-electron chi connectivity index (χ4n) is 5.33. The van der Waals surface area contributed by atoms with E-state index in [1.54, 1.807) is 24.4 Å². The number of alkyl halides is 2. The van der Waals surface area contributed by atoms with Crippen molar-refractivity contribution in [3.05, 3.63) is 48.2 Å². The van der Waals surface area contributed by atoms with Gasteiger partial charge in [0.25, 0.3) is 11.8 Å². The second kappa shape index (κ2) is 9.13. The Morgan fingerprint density at radius 2 is 1.66 bits per heavy atom. The van der Waals surface area contributed by atoms with E-state index in [0.29, 0.717) is 22.5 Å². The molecule has 1 aromatic carbocycles. The van der Waals surface area contributed by atoms with Crippen LogP contribution in [0.5, 0.6) is 0 Å². The van der Waals surface area contributed by atoms with E-state index < -0.39 is 28.8 Å². The molecule has 7 nitrogen and oxygen atoms in total. The summed E-state index contributed by atoms with van der Waals surface area (Å²) in [5.41, 5.74) is 1.23. The van der Waals surface area contributed by atoms with Crippen LogP contribution in [0, 0.1) is 5.41 Å². The molecule has 1 saturated carbocycles. The number of nitrogens with zero attached hydrogens (tertiary/aromatic N) is 3. The van der Waals surface area contributed by atoms with Crippen LogP contribution in [-0.2, 0) is 10.0 Å². The molecule has 2 saturated heterocycles. The molecule has 1 amide bonds. The molecular weight excluding hydrogens is 474 g/mol. The number of pyridine rings is 1. The number of carbonyl (C=O) groups excluding carboxylic acids is 1. The van der Waals surface area contributed by atoms with Crippen molar-refractivity contribution < 1.29 is 22.0 Å². The van der Waals surface area contributed by atoms with Crippen LogP contribution in [0.3, 0.4) is 0 Å². The lowest BCUT2D eigenvalue weighted by molar-refractivity contribution is -0.0412. The normalized spacial score (nSPS) is 21.9. The molecule has 3 fully saturated rings. The average Bonchev–Trinajstić information content (AvgIpc) is 2.83. The Bertz CT molecular complexity index is 1200. The molecule has 1 aromatic heterocycles. The lowest BCUT2D eigenvalue weighted by Gasteiger charge is -2.48. The monoisotopic (exact) mass is 504 g/mol. The Labute approximate surface area is 204 Å². The van der Waals surface area contributed by atoms with E-state index in [4.69, 9.17) is 0 Å². The zero-order valence-corrected chi connectivity index (χ0v) is 20.4. The predicted octanol–water partition coefficient (Wildman–Crippen LogP) is 4.52. The van der Waals surface area contributed by atoms with Gasteiger partial charge in [-0.15, -0.1) is 0 Å². The van der Waals surface area contributed by atoms with Crippen molar-refractivity contribution in [2.24, 2.45) is 5.41 Å². The zero-order valence-electron chi connectivity index (χ0n) is 19.6. The number of halogens is 2. The molecule has 2 aliphatic heterocycles. The zero-order chi connectivity index (χ0) is 24.7. The van der Waals surface area contributed by atoms with Gasteiger partial charge in [-0.2, -0.15) is 4.31 Å². The molecular formula is C25H30F2N4O3S. The number of hydrogen-bond donors (Lipinski definition) is 1. The number of carbonyl (C=O) groups is 1. The summed E-state index contributed by atoms with van der Waals surface area (Å²) in [4.78, 5) is 19.8. The first kappa shape index (κ1) is 24.1. The predicted molar refractivity (Wildman–Crippen MR) is 129 cm³/mol. The fraction of sp³-hybridized carbons (Fsp3) is 0.520. The Morgan fingerprint density at radius 1 is 0.943 bits per heavy atom. The van der Waals surface area contributed by atoms with E-state index in [1.807, 2.05) is 0 Å². The molecule has 3 aliphatic rings. The molecule has 0 radical (unpaired) electrons. The van der Waals surface area contributed by atoms with Crippen LogP contribution in [0.25, 0.3) is 0 Å². The summed E-state index contributed by atoms with van der Waals surface area (Å²) >= 11 is 0. The highest BCUT2D eigenvalue weighted by Crippen LogP contribution is 2.49. The molecule has 5 rings (SSSR count). The van der Waals surface area contributed by atoms with E-state index in [9.17, 15) is 22.0 Å². The van der Waals surface area contributed by atoms with Crippen LogP contribution >= 0.6 is 0 Å². The van der Waals surface area contributed by atoms with Crippen molar-refractivity contribution in [2.75, 3.05) is 36.4 Å².